The molecule has 0 N–H and O–H groups in total. The second-order valence-corrected chi connectivity index (χ2v) is 18.4. The second kappa shape index (κ2) is 16.9. The molecule has 2 fully saturated rings. The van der Waals surface area contributed by atoms with Gasteiger partial charge in [-0.3, -0.25) is 0 Å². The fourth-order valence-corrected chi connectivity index (χ4v) is 14.7. The third kappa shape index (κ3) is 9.06. The number of hydrogen-bond acceptors (Lipinski definition) is 2. The van der Waals surface area contributed by atoms with Crippen LogP contribution in [0.4, 0.5) is 0 Å². The molecule has 2 aliphatic heterocycles. The monoisotopic (exact) mass is 496 g/mol. The molecular weight excluding hydrogens is 436 g/mol. The molecule has 2 aliphatic rings. The summed E-state index contributed by atoms with van der Waals surface area (Å²) in [6, 6.07) is 1.46. The molecule has 0 aliphatic carbocycles. The van der Waals surface area contributed by atoms with E-state index in [4.69, 9.17) is 9.47 Å². The van der Waals surface area contributed by atoms with Crippen LogP contribution in [0.1, 0.15) is 135 Å². The van der Waals surface area contributed by atoms with Gasteiger partial charge >= 0.3 is 0 Å². The predicted molar refractivity (Wildman–Crippen MR) is 152 cm³/mol. The Bertz CT molecular complexity index is 470. The zero-order valence-electron chi connectivity index (χ0n) is 23.2. The average Bonchev–Trinajstić information content (AvgIpc) is 2.84. The molecule has 2 rings (SSSR count). The van der Waals surface area contributed by atoms with E-state index in [0.29, 0.717) is 0 Å². The highest BCUT2D eigenvalue weighted by atomic mass is 28.3. The molecule has 0 bridgehead atoms. The Morgan fingerprint density at radius 2 is 0.970 bits per heavy atom. The van der Waals surface area contributed by atoms with Crippen LogP contribution in [0.15, 0.2) is 0 Å². The summed E-state index contributed by atoms with van der Waals surface area (Å²) >= 11 is 0. The van der Waals surface area contributed by atoms with Gasteiger partial charge in [-0.2, -0.15) is 0 Å². The van der Waals surface area contributed by atoms with E-state index in [1.54, 1.807) is 0 Å². The first-order valence-corrected chi connectivity index (χ1v) is 20.8. The molecule has 0 saturated carbocycles. The van der Waals surface area contributed by atoms with E-state index in [2.05, 4.69) is 26.6 Å². The Kier molecular flexibility index (Phi) is 15.2. The van der Waals surface area contributed by atoms with Gasteiger partial charge in [0.15, 0.2) is 0 Å². The minimum atomic E-state index is -1.02. The zero-order chi connectivity index (χ0) is 23.8. The minimum Gasteiger partial charge on any atom is -0.376 e. The van der Waals surface area contributed by atoms with Gasteiger partial charge in [0.1, 0.15) is 0 Å². The third-order valence-electron chi connectivity index (χ3n) is 9.04. The summed E-state index contributed by atoms with van der Waals surface area (Å²) in [5, 5.41) is 0.274. The van der Waals surface area contributed by atoms with Gasteiger partial charge in [-0.05, 0) is 38.5 Å². The Labute approximate surface area is 211 Å². The molecule has 0 spiro atoms. The Balaban J connectivity index is 1.63. The van der Waals surface area contributed by atoms with E-state index in [1.807, 2.05) is 0 Å². The summed E-state index contributed by atoms with van der Waals surface area (Å²) in [6.07, 6.45) is 28.2. The van der Waals surface area contributed by atoms with Crippen LogP contribution in [0.2, 0.25) is 25.7 Å². The quantitative estimate of drug-likeness (QED) is 0.139. The molecule has 2 heterocycles. The van der Waals surface area contributed by atoms with Crippen molar-refractivity contribution in [1.82, 2.24) is 0 Å². The van der Waals surface area contributed by atoms with E-state index in [0.717, 1.165) is 13.2 Å². The Morgan fingerprint density at radius 1 is 0.545 bits per heavy atom. The lowest BCUT2D eigenvalue weighted by Crippen LogP contribution is -2.71. The van der Waals surface area contributed by atoms with Crippen molar-refractivity contribution in [3.8, 4) is 0 Å². The fourth-order valence-electron chi connectivity index (χ4n) is 6.93. The van der Waals surface area contributed by atoms with Crippen molar-refractivity contribution in [3.05, 3.63) is 0 Å². The van der Waals surface area contributed by atoms with Gasteiger partial charge in [-0.25, -0.2) is 0 Å². The van der Waals surface area contributed by atoms with Crippen LogP contribution in [0.25, 0.3) is 0 Å². The van der Waals surface area contributed by atoms with Crippen molar-refractivity contribution in [2.45, 2.75) is 171 Å². The molecule has 4 heteroatoms. The molecule has 3 atom stereocenters. The second-order valence-electron chi connectivity index (χ2n) is 11.8. The highest BCUT2D eigenvalue weighted by Crippen LogP contribution is 2.47. The molecule has 0 amide bonds. The molecule has 2 nitrogen and oxygen atoms in total. The van der Waals surface area contributed by atoms with E-state index in [9.17, 15) is 0 Å². The minimum absolute atomic E-state index is 0.132. The highest BCUT2D eigenvalue weighted by molar-refractivity contribution is 6.67. The third-order valence-corrected chi connectivity index (χ3v) is 16.0. The van der Waals surface area contributed by atoms with Gasteiger partial charge in [0.25, 0.3) is 0 Å². The molecule has 196 valence electrons. The van der Waals surface area contributed by atoms with Crippen LogP contribution in [-0.2, 0) is 9.47 Å². The average molecular weight is 497 g/mol. The number of hydrogen-bond donors (Lipinski definition) is 0. The van der Waals surface area contributed by atoms with Crippen molar-refractivity contribution in [1.29, 1.82) is 0 Å². The summed E-state index contributed by atoms with van der Waals surface area (Å²) in [4.78, 5) is 0. The lowest BCUT2D eigenvalue weighted by molar-refractivity contribution is -0.164. The molecule has 2 saturated heterocycles. The van der Waals surface area contributed by atoms with Crippen molar-refractivity contribution < 1.29 is 9.47 Å². The van der Waals surface area contributed by atoms with Crippen LogP contribution < -0.4 is 0 Å². The van der Waals surface area contributed by atoms with Crippen LogP contribution in [0.3, 0.4) is 0 Å². The van der Waals surface area contributed by atoms with Crippen molar-refractivity contribution >= 4 is 17.6 Å². The Hall–Kier alpha value is 0.354. The molecule has 0 radical (unpaired) electrons. The molecule has 33 heavy (non-hydrogen) atoms. The number of unbranched alkanes of at least 4 members (excludes halogenated alkanes) is 13. The topological polar surface area (TPSA) is 18.5 Å². The van der Waals surface area contributed by atoms with Gasteiger partial charge in [-0.1, -0.05) is 123 Å². The first-order chi connectivity index (χ1) is 16.1. The van der Waals surface area contributed by atoms with Crippen LogP contribution >= 0.6 is 0 Å². The van der Waals surface area contributed by atoms with Gasteiger partial charge < -0.3 is 9.47 Å². The lowest BCUT2D eigenvalue weighted by Gasteiger charge is -2.58. The SMILES string of the molecule is CCCCCCCCCCCCCCCC[SiH](C)C1(C2([SiH](C)C)CCCCO2)CCCCO1. The zero-order valence-corrected chi connectivity index (χ0v) is 25.5. The van der Waals surface area contributed by atoms with Gasteiger partial charge in [0, 0.05) is 13.2 Å². The van der Waals surface area contributed by atoms with E-state index in [-0.39, 0.29) is 10.4 Å². The Morgan fingerprint density at radius 3 is 1.36 bits per heavy atom. The van der Waals surface area contributed by atoms with Gasteiger partial charge in [0.05, 0.1) is 28.0 Å². The molecule has 0 aromatic heterocycles. The van der Waals surface area contributed by atoms with Crippen LogP contribution in [0, 0.1) is 0 Å². The van der Waals surface area contributed by atoms with Crippen LogP contribution in [-0.4, -0.2) is 41.3 Å². The number of ether oxygens (including phenoxy) is 2. The lowest BCUT2D eigenvalue weighted by atomic mass is 9.96. The first kappa shape index (κ1) is 29.6. The maximum Gasteiger partial charge on any atom is 0.0800 e. The van der Waals surface area contributed by atoms with Crippen LogP contribution in [0.5, 0.6) is 0 Å². The van der Waals surface area contributed by atoms with Crippen molar-refractivity contribution in [2.75, 3.05) is 13.2 Å². The smallest absolute Gasteiger partial charge is 0.0800 e. The maximum atomic E-state index is 6.87. The normalized spacial score (nSPS) is 27.2. The highest BCUT2D eigenvalue weighted by Gasteiger charge is 2.58. The molecule has 0 aromatic carbocycles. The van der Waals surface area contributed by atoms with E-state index >= 15 is 0 Å². The van der Waals surface area contributed by atoms with Gasteiger partial charge in [0.2, 0.25) is 0 Å². The first-order valence-electron chi connectivity index (χ1n) is 15.4. The summed E-state index contributed by atoms with van der Waals surface area (Å²) in [6.45, 7) is 12.0. The summed E-state index contributed by atoms with van der Waals surface area (Å²) in [5.74, 6) is 0. The predicted octanol–water partition coefficient (Wildman–Crippen LogP) is 8.77. The largest absolute Gasteiger partial charge is 0.376 e. The van der Waals surface area contributed by atoms with E-state index < -0.39 is 17.6 Å². The van der Waals surface area contributed by atoms with E-state index in [1.165, 1.54) is 134 Å². The summed E-state index contributed by atoms with van der Waals surface area (Å²) < 4.78 is 13.7. The molecule has 0 aromatic rings. The number of rotatable bonds is 18. The molecule has 3 unspecified atom stereocenters. The standard InChI is InChI=1S/C29H60O2Si2/c1-5-6-7-8-9-10-11-12-13-14-15-16-17-22-27-33(4)29(24-19-21-26-31-29)28(32(2)3)23-18-20-25-30-28/h32-33H,5-27H2,1-4H3. The summed E-state index contributed by atoms with van der Waals surface area (Å²) in [5.41, 5.74) is 0. The van der Waals surface area contributed by atoms with Crippen molar-refractivity contribution in [3.63, 3.8) is 0 Å². The summed E-state index contributed by atoms with van der Waals surface area (Å²) in [7, 11) is -1.99. The fraction of sp³-hybridized carbons (Fsp3) is 1.00. The van der Waals surface area contributed by atoms with Crippen molar-refractivity contribution in [2.24, 2.45) is 0 Å². The molecular formula is C29H60O2Si2. The maximum absolute atomic E-state index is 6.87. The van der Waals surface area contributed by atoms with Gasteiger partial charge in [-0.15, -0.1) is 0 Å².